The normalized spacial score (nSPS) is 22.9. The zero-order chi connectivity index (χ0) is 20.0. The van der Waals surface area contributed by atoms with Gasteiger partial charge in [-0.15, -0.1) is 0 Å². The number of halogens is 1. The molecule has 1 aliphatic carbocycles. The summed E-state index contributed by atoms with van der Waals surface area (Å²) in [5.74, 6) is -0.0369. The average molecular weight is 419 g/mol. The molecule has 9 heteroatoms. The first-order valence-electron chi connectivity index (χ1n) is 10.1. The van der Waals surface area contributed by atoms with Gasteiger partial charge in [0.15, 0.2) is 5.58 Å². The Balaban J connectivity index is 1.53. The largest absolute Gasteiger partial charge is 0.432 e. The molecule has 1 saturated heterocycles. The molecule has 1 aromatic carbocycles. The van der Waals surface area contributed by atoms with Crippen LogP contribution in [-0.4, -0.2) is 36.7 Å². The van der Waals surface area contributed by atoms with Gasteiger partial charge in [0.1, 0.15) is 5.52 Å². The van der Waals surface area contributed by atoms with Gasteiger partial charge in [-0.3, -0.25) is 4.79 Å². The number of anilines is 1. The van der Waals surface area contributed by atoms with Crippen molar-refractivity contribution in [3.05, 3.63) is 22.5 Å². The van der Waals surface area contributed by atoms with Crippen LogP contribution in [0.3, 0.4) is 0 Å². The van der Waals surface area contributed by atoms with E-state index in [9.17, 15) is 9.59 Å². The highest BCUT2D eigenvalue weighted by atomic mass is 35.5. The van der Waals surface area contributed by atoms with Crippen molar-refractivity contribution >= 4 is 40.3 Å². The lowest BCUT2D eigenvalue weighted by atomic mass is 9.74. The highest BCUT2D eigenvalue weighted by Crippen LogP contribution is 2.48. The average Bonchev–Trinajstić information content (AvgIpc) is 3.36. The predicted molar refractivity (Wildman–Crippen MR) is 107 cm³/mol. The van der Waals surface area contributed by atoms with Gasteiger partial charge in [-0.1, -0.05) is 30.9 Å². The van der Waals surface area contributed by atoms with Crippen LogP contribution in [0.5, 0.6) is 0 Å². The summed E-state index contributed by atoms with van der Waals surface area (Å²) < 4.78 is 11.3. The van der Waals surface area contributed by atoms with Crippen molar-refractivity contribution in [2.24, 2.45) is 5.92 Å². The quantitative estimate of drug-likeness (QED) is 0.706. The van der Waals surface area contributed by atoms with Crippen LogP contribution in [0, 0.1) is 5.92 Å². The Morgan fingerprint density at radius 2 is 2.17 bits per heavy atom. The van der Waals surface area contributed by atoms with Gasteiger partial charge in [-0.05, 0) is 25.3 Å². The number of oxazole rings is 1. The van der Waals surface area contributed by atoms with Crippen molar-refractivity contribution in [2.45, 2.75) is 44.1 Å². The van der Waals surface area contributed by atoms with Crippen molar-refractivity contribution in [1.82, 2.24) is 15.6 Å². The van der Waals surface area contributed by atoms with Crippen molar-refractivity contribution in [2.75, 3.05) is 25.1 Å². The number of nitrogens with one attached hydrogen (secondary N) is 3. The maximum Gasteiger partial charge on any atom is 0.319 e. The Kier molecular flexibility index (Phi) is 4.63. The van der Waals surface area contributed by atoms with E-state index >= 15 is 0 Å². The fourth-order valence-corrected chi connectivity index (χ4v) is 4.97. The highest BCUT2D eigenvalue weighted by molar-refractivity contribution is 6.35. The number of urea groups is 1. The van der Waals surface area contributed by atoms with Crippen LogP contribution in [-0.2, 0) is 10.3 Å². The molecule has 2 aliphatic heterocycles. The van der Waals surface area contributed by atoms with Gasteiger partial charge in [-0.2, -0.15) is 0 Å². The molecule has 2 fully saturated rings. The van der Waals surface area contributed by atoms with Gasteiger partial charge in [0, 0.05) is 24.6 Å². The van der Waals surface area contributed by atoms with E-state index in [4.69, 9.17) is 20.8 Å². The Morgan fingerprint density at radius 1 is 1.34 bits per heavy atom. The summed E-state index contributed by atoms with van der Waals surface area (Å²) in [6, 6.07) is 1.38. The van der Waals surface area contributed by atoms with Crippen LogP contribution in [0.1, 0.15) is 54.8 Å². The molecule has 1 atom stereocenters. The molecule has 2 aromatic rings. The van der Waals surface area contributed by atoms with Gasteiger partial charge in [0.2, 0.25) is 0 Å². The summed E-state index contributed by atoms with van der Waals surface area (Å²) in [7, 11) is 0. The van der Waals surface area contributed by atoms with E-state index in [0.717, 1.165) is 50.7 Å². The molecule has 5 rings (SSSR count). The molecule has 0 radical (unpaired) electrons. The Hall–Kier alpha value is -2.32. The molecule has 3 aliphatic rings. The maximum atomic E-state index is 12.6. The van der Waals surface area contributed by atoms with E-state index in [1.807, 2.05) is 0 Å². The van der Waals surface area contributed by atoms with Crippen molar-refractivity contribution < 1.29 is 18.7 Å². The van der Waals surface area contributed by atoms with Gasteiger partial charge >= 0.3 is 11.9 Å². The van der Waals surface area contributed by atoms with Crippen LogP contribution in [0.4, 0.5) is 10.5 Å². The molecule has 3 N–H and O–H groups in total. The van der Waals surface area contributed by atoms with Crippen molar-refractivity contribution in [3.63, 3.8) is 0 Å². The third-order valence-electron chi connectivity index (χ3n) is 6.18. The first kappa shape index (κ1) is 18.7. The van der Waals surface area contributed by atoms with E-state index in [1.165, 1.54) is 0 Å². The first-order chi connectivity index (χ1) is 14.1. The minimum atomic E-state index is -0.548. The molecule has 1 saturated carbocycles. The van der Waals surface area contributed by atoms with E-state index in [2.05, 4.69) is 20.9 Å². The summed E-state index contributed by atoms with van der Waals surface area (Å²) in [6.07, 6.45) is 5.65. The smallest absolute Gasteiger partial charge is 0.319 e. The van der Waals surface area contributed by atoms with Crippen molar-refractivity contribution in [1.29, 1.82) is 0 Å². The van der Waals surface area contributed by atoms with Crippen LogP contribution >= 0.6 is 11.6 Å². The molecule has 154 valence electrons. The second-order valence-electron chi connectivity index (χ2n) is 8.14. The van der Waals surface area contributed by atoms with E-state index < -0.39 is 5.54 Å². The Morgan fingerprint density at radius 3 is 2.93 bits per heavy atom. The number of fused-ring (bicyclic) bond motifs is 4. The summed E-state index contributed by atoms with van der Waals surface area (Å²) in [6.45, 7) is 1.91. The fourth-order valence-electron chi connectivity index (χ4n) is 4.72. The monoisotopic (exact) mass is 418 g/mol. The number of benzene rings is 1. The predicted octanol–water partition coefficient (Wildman–Crippen LogP) is 3.54. The van der Waals surface area contributed by atoms with Crippen LogP contribution < -0.4 is 16.0 Å². The van der Waals surface area contributed by atoms with Crippen molar-refractivity contribution in [3.8, 4) is 0 Å². The standard InChI is InChI=1S/C20H23ClN4O4/c21-12-8-13-16(29-18(23-13)17(26)22-9-11-4-7-28-10-11)14-15(12)24-19(27)25-20(14)5-2-1-3-6-20/h8,11H,1-7,9-10H2,(H,22,26)(H2,24,25,27)/t11-/m1/s1. The van der Waals surface area contributed by atoms with Gasteiger partial charge in [-0.25, -0.2) is 9.78 Å². The lowest BCUT2D eigenvalue weighted by molar-refractivity contribution is 0.0912. The van der Waals surface area contributed by atoms with E-state index in [-0.39, 0.29) is 17.8 Å². The van der Waals surface area contributed by atoms with Crippen LogP contribution in [0.2, 0.25) is 5.02 Å². The molecule has 0 unspecified atom stereocenters. The number of rotatable bonds is 3. The number of hydrogen-bond donors (Lipinski definition) is 3. The number of hydrogen-bond acceptors (Lipinski definition) is 5. The van der Waals surface area contributed by atoms with Crippen LogP contribution in [0.25, 0.3) is 11.1 Å². The summed E-state index contributed by atoms with van der Waals surface area (Å²) in [4.78, 5) is 29.3. The molecular weight excluding hydrogens is 396 g/mol. The maximum absolute atomic E-state index is 12.6. The van der Waals surface area contributed by atoms with Crippen LogP contribution in [0.15, 0.2) is 10.5 Å². The molecule has 0 bridgehead atoms. The van der Waals surface area contributed by atoms with E-state index in [1.54, 1.807) is 6.07 Å². The summed E-state index contributed by atoms with van der Waals surface area (Å²) in [5.41, 5.74) is 1.83. The molecule has 29 heavy (non-hydrogen) atoms. The number of carbonyl (C=O) groups excluding carboxylic acids is 2. The summed E-state index contributed by atoms with van der Waals surface area (Å²) in [5, 5.41) is 9.19. The zero-order valence-electron chi connectivity index (χ0n) is 16.0. The highest BCUT2D eigenvalue weighted by Gasteiger charge is 2.44. The summed E-state index contributed by atoms with van der Waals surface area (Å²) >= 11 is 6.49. The van der Waals surface area contributed by atoms with Gasteiger partial charge in [0.05, 0.1) is 22.9 Å². The number of nitrogens with zero attached hydrogens (tertiary/aromatic N) is 1. The van der Waals surface area contributed by atoms with Gasteiger partial charge in [0.25, 0.3) is 5.89 Å². The lowest BCUT2D eigenvalue weighted by Gasteiger charge is -2.42. The third-order valence-corrected chi connectivity index (χ3v) is 6.48. The third kappa shape index (κ3) is 3.24. The molecule has 3 heterocycles. The Bertz CT molecular complexity index is 977. The number of amides is 3. The molecule has 8 nitrogen and oxygen atoms in total. The SMILES string of the molecule is O=C1Nc2c(Cl)cc3nc(C(=O)NC[C@H]4CCOC4)oc3c2C2(CCCCC2)N1. The number of ether oxygens (including phenoxy) is 1. The Labute approximate surface area is 172 Å². The van der Waals surface area contributed by atoms with Gasteiger partial charge < -0.3 is 25.1 Å². The molecular formula is C20H23ClN4O4. The zero-order valence-corrected chi connectivity index (χ0v) is 16.7. The molecule has 1 spiro atoms. The lowest BCUT2D eigenvalue weighted by Crippen LogP contribution is -2.52. The molecule has 1 aromatic heterocycles. The number of carbonyl (C=O) groups is 2. The minimum Gasteiger partial charge on any atom is -0.432 e. The second-order valence-corrected chi connectivity index (χ2v) is 8.54. The second kappa shape index (κ2) is 7.18. The first-order valence-corrected chi connectivity index (χ1v) is 10.5. The topological polar surface area (TPSA) is 105 Å². The fraction of sp³-hybridized carbons (Fsp3) is 0.550. The minimum absolute atomic E-state index is 0.00578. The number of aromatic nitrogens is 1. The molecule has 3 amide bonds. The van der Waals surface area contributed by atoms with E-state index in [0.29, 0.717) is 40.9 Å².